The van der Waals surface area contributed by atoms with Crippen LogP contribution in [0.5, 0.6) is 5.75 Å². The summed E-state index contributed by atoms with van der Waals surface area (Å²) in [5.41, 5.74) is 7.79. The van der Waals surface area contributed by atoms with Gasteiger partial charge in [0.05, 0.1) is 0 Å². The van der Waals surface area contributed by atoms with Gasteiger partial charge in [-0.1, -0.05) is 12.1 Å². The van der Waals surface area contributed by atoms with Gasteiger partial charge in [0, 0.05) is 6.04 Å². The van der Waals surface area contributed by atoms with Crippen molar-refractivity contribution < 1.29 is 9.13 Å². The van der Waals surface area contributed by atoms with E-state index in [1.165, 1.54) is 0 Å². The summed E-state index contributed by atoms with van der Waals surface area (Å²) in [6, 6.07) is 5.73. The Kier molecular flexibility index (Phi) is 3.89. The topological polar surface area (TPSA) is 35.2 Å². The number of nitrogens with two attached hydrogens (primary N) is 1. The number of benzene rings is 1. The monoisotopic (exact) mass is 197 g/mol. The molecule has 2 nitrogen and oxygen atoms in total. The zero-order valence-electron chi connectivity index (χ0n) is 8.59. The van der Waals surface area contributed by atoms with Crippen LogP contribution in [0.2, 0.25) is 0 Å². The summed E-state index contributed by atoms with van der Waals surface area (Å²) in [7, 11) is 0. The minimum Gasteiger partial charge on any atom is -0.491 e. The molecule has 0 fully saturated rings. The van der Waals surface area contributed by atoms with Crippen molar-refractivity contribution in [3.63, 3.8) is 0 Å². The number of rotatable bonds is 4. The van der Waals surface area contributed by atoms with E-state index in [-0.39, 0.29) is 12.6 Å². The molecule has 14 heavy (non-hydrogen) atoms. The third-order valence-corrected chi connectivity index (χ3v) is 2.06. The van der Waals surface area contributed by atoms with Crippen LogP contribution in [0.1, 0.15) is 24.1 Å². The molecule has 0 aliphatic heterocycles. The zero-order chi connectivity index (χ0) is 10.6. The summed E-state index contributed by atoms with van der Waals surface area (Å²) >= 11 is 0. The maximum absolute atomic E-state index is 11.9. The Hall–Kier alpha value is -1.09. The molecule has 3 heteroatoms. The normalized spacial score (nSPS) is 12.6. The first-order valence-electron chi connectivity index (χ1n) is 4.70. The van der Waals surface area contributed by atoms with Crippen LogP contribution in [0, 0.1) is 6.92 Å². The molecular weight excluding hydrogens is 181 g/mol. The van der Waals surface area contributed by atoms with Crippen LogP contribution in [-0.2, 0) is 0 Å². The summed E-state index contributed by atoms with van der Waals surface area (Å²) in [5, 5.41) is 0. The summed E-state index contributed by atoms with van der Waals surface area (Å²) < 4.78 is 17.1. The van der Waals surface area contributed by atoms with Gasteiger partial charge in [0.1, 0.15) is 19.0 Å². The second kappa shape index (κ2) is 4.96. The van der Waals surface area contributed by atoms with E-state index in [2.05, 4.69) is 0 Å². The smallest absolute Gasteiger partial charge is 0.123 e. The van der Waals surface area contributed by atoms with E-state index in [9.17, 15) is 4.39 Å². The molecule has 0 saturated heterocycles. The molecule has 1 aromatic carbocycles. The highest BCUT2D eigenvalue weighted by atomic mass is 19.1. The Balaban J connectivity index is 2.79. The SMILES string of the molecule is Cc1cc([C@@H](C)N)ccc1OCCF. The fourth-order valence-electron chi connectivity index (χ4n) is 1.27. The van der Waals surface area contributed by atoms with Crippen LogP contribution in [0.3, 0.4) is 0 Å². The molecule has 0 unspecified atom stereocenters. The number of halogens is 1. The van der Waals surface area contributed by atoms with Gasteiger partial charge >= 0.3 is 0 Å². The fourth-order valence-corrected chi connectivity index (χ4v) is 1.27. The number of hydrogen-bond acceptors (Lipinski definition) is 2. The third-order valence-electron chi connectivity index (χ3n) is 2.06. The van der Waals surface area contributed by atoms with Gasteiger partial charge in [0.15, 0.2) is 0 Å². The van der Waals surface area contributed by atoms with Crippen LogP contribution < -0.4 is 10.5 Å². The second-order valence-corrected chi connectivity index (χ2v) is 3.35. The second-order valence-electron chi connectivity index (χ2n) is 3.35. The average Bonchev–Trinajstić information content (AvgIpc) is 2.15. The lowest BCUT2D eigenvalue weighted by atomic mass is 10.1. The van der Waals surface area contributed by atoms with Crippen molar-refractivity contribution in [1.82, 2.24) is 0 Å². The first kappa shape index (κ1) is 11.0. The van der Waals surface area contributed by atoms with Gasteiger partial charge in [-0.3, -0.25) is 0 Å². The first-order chi connectivity index (χ1) is 6.65. The number of hydrogen-bond donors (Lipinski definition) is 1. The molecule has 0 spiro atoms. The Labute approximate surface area is 83.9 Å². The molecule has 0 amide bonds. The predicted octanol–water partition coefficient (Wildman–Crippen LogP) is 2.36. The first-order valence-corrected chi connectivity index (χ1v) is 4.70. The van der Waals surface area contributed by atoms with Crippen LogP contribution in [0.15, 0.2) is 18.2 Å². The van der Waals surface area contributed by atoms with Crippen molar-refractivity contribution in [3.05, 3.63) is 29.3 Å². The van der Waals surface area contributed by atoms with E-state index in [1.54, 1.807) is 0 Å². The van der Waals surface area contributed by atoms with Crippen LogP contribution in [0.25, 0.3) is 0 Å². The highest BCUT2D eigenvalue weighted by Crippen LogP contribution is 2.21. The largest absolute Gasteiger partial charge is 0.491 e. The molecule has 0 heterocycles. The van der Waals surface area contributed by atoms with Crippen LogP contribution >= 0.6 is 0 Å². The van der Waals surface area contributed by atoms with Crippen molar-refractivity contribution in [3.8, 4) is 5.75 Å². The maximum Gasteiger partial charge on any atom is 0.123 e. The van der Waals surface area contributed by atoms with E-state index in [1.807, 2.05) is 32.0 Å². The molecule has 0 aliphatic rings. The van der Waals surface area contributed by atoms with E-state index in [0.29, 0.717) is 0 Å². The lowest BCUT2D eigenvalue weighted by Crippen LogP contribution is -2.06. The maximum atomic E-state index is 11.9. The third kappa shape index (κ3) is 2.70. The standard InChI is InChI=1S/C11H16FNO/c1-8-7-10(9(2)13)3-4-11(8)14-6-5-12/h3-4,7,9H,5-6,13H2,1-2H3/t9-/m1/s1. The van der Waals surface area contributed by atoms with Crippen molar-refractivity contribution >= 4 is 0 Å². The number of alkyl halides is 1. The Bertz CT molecular complexity index is 299. The van der Waals surface area contributed by atoms with Gasteiger partial charge in [-0.15, -0.1) is 0 Å². The minimum absolute atomic E-state index is 0.0175. The molecule has 2 N–H and O–H groups in total. The van der Waals surface area contributed by atoms with Gasteiger partial charge in [0.2, 0.25) is 0 Å². The molecule has 0 aliphatic carbocycles. The van der Waals surface area contributed by atoms with Gasteiger partial charge in [-0.25, -0.2) is 4.39 Å². The predicted molar refractivity (Wildman–Crippen MR) is 55.3 cm³/mol. The molecular formula is C11H16FNO. The fraction of sp³-hybridized carbons (Fsp3) is 0.455. The molecule has 78 valence electrons. The summed E-state index contributed by atoms with van der Waals surface area (Å²) in [6.45, 7) is 3.50. The van der Waals surface area contributed by atoms with Crippen molar-refractivity contribution in [2.75, 3.05) is 13.3 Å². The van der Waals surface area contributed by atoms with E-state index in [0.717, 1.165) is 16.9 Å². The summed E-state index contributed by atoms with van der Waals surface area (Å²) in [5.74, 6) is 0.729. The molecule has 0 saturated carbocycles. The van der Waals surface area contributed by atoms with Crippen LogP contribution in [-0.4, -0.2) is 13.3 Å². The molecule has 0 bridgehead atoms. The van der Waals surface area contributed by atoms with Crippen molar-refractivity contribution in [2.45, 2.75) is 19.9 Å². The Morgan fingerprint density at radius 1 is 1.50 bits per heavy atom. The molecule has 1 rings (SSSR count). The highest BCUT2D eigenvalue weighted by molar-refractivity contribution is 5.37. The summed E-state index contributed by atoms with van der Waals surface area (Å²) in [4.78, 5) is 0. The Morgan fingerprint density at radius 3 is 2.71 bits per heavy atom. The summed E-state index contributed by atoms with van der Waals surface area (Å²) in [6.07, 6.45) is 0. The number of aryl methyl sites for hydroxylation is 1. The highest BCUT2D eigenvalue weighted by Gasteiger charge is 2.03. The van der Waals surface area contributed by atoms with Crippen molar-refractivity contribution in [2.24, 2.45) is 5.73 Å². The quantitative estimate of drug-likeness (QED) is 0.804. The van der Waals surface area contributed by atoms with Crippen LogP contribution in [0.4, 0.5) is 4.39 Å². The van der Waals surface area contributed by atoms with Gasteiger partial charge in [-0.2, -0.15) is 0 Å². The van der Waals surface area contributed by atoms with E-state index in [4.69, 9.17) is 10.5 Å². The number of ether oxygens (including phenoxy) is 1. The van der Waals surface area contributed by atoms with E-state index < -0.39 is 6.67 Å². The van der Waals surface area contributed by atoms with Gasteiger partial charge in [-0.05, 0) is 31.0 Å². The minimum atomic E-state index is -0.464. The van der Waals surface area contributed by atoms with E-state index >= 15 is 0 Å². The lowest BCUT2D eigenvalue weighted by molar-refractivity contribution is 0.272. The van der Waals surface area contributed by atoms with Crippen molar-refractivity contribution in [1.29, 1.82) is 0 Å². The average molecular weight is 197 g/mol. The Morgan fingerprint density at radius 2 is 2.21 bits per heavy atom. The lowest BCUT2D eigenvalue weighted by Gasteiger charge is -2.11. The zero-order valence-corrected chi connectivity index (χ0v) is 8.59. The van der Waals surface area contributed by atoms with Gasteiger partial charge < -0.3 is 10.5 Å². The molecule has 0 radical (unpaired) electrons. The molecule has 0 aromatic heterocycles. The molecule has 1 aromatic rings. The van der Waals surface area contributed by atoms with Gasteiger partial charge in [0.25, 0.3) is 0 Å². The molecule has 1 atom stereocenters.